The van der Waals surface area contributed by atoms with E-state index in [2.05, 4.69) is 15.3 Å². The number of nitrogens with zero attached hydrogens (tertiary/aromatic N) is 1. The molecule has 0 atom stereocenters. The number of H-pyrrole nitrogens is 1. The molecule has 0 aliphatic rings. The van der Waals surface area contributed by atoms with Crippen LogP contribution >= 0.6 is 11.3 Å². The van der Waals surface area contributed by atoms with E-state index in [1.807, 2.05) is 0 Å². The van der Waals surface area contributed by atoms with Gasteiger partial charge in [0.05, 0.1) is 11.2 Å². The minimum absolute atomic E-state index is 0.0556. The van der Waals surface area contributed by atoms with Crippen LogP contribution in [0.1, 0.15) is 16.1 Å². The first-order chi connectivity index (χ1) is 10.5. The van der Waals surface area contributed by atoms with Crippen molar-refractivity contribution in [2.45, 2.75) is 6.92 Å². The third kappa shape index (κ3) is 2.44. The van der Waals surface area contributed by atoms with Gasteiger partial charge in [0, 0.05) is 10.8 Å². The highest BCUT2D eigenvalue weighted by atomic mass is 32.1. The van der Waals surface area contributed by atoms with Crippen molar-refractivity contribution in [3.63, 3.8) is 0 Å². The van der Waals surface area contributed by atoms with Crippen molar-refractivity contribution >= 4 is 33.3 Å². The molecule has 112 valence electrons. The molecule has 0 spiro atoms. The second kappa shape index (κ2) is 5.23. The van der Waals surface area contributed by atoms with Crippen LogP contribution in [-0.4, -0.2) is 21.0 Å². The van der Waals surface area contributed by atoms with Gasteiger partial charge in [-0.15, -0.1) is 11.3 Å². The van der Waals surface area contributed by atoms with E-state index in [0.717, 1.165) is 17.8 Å². The van der Waals surface area contributed by atoms with Gasteiger partial charge in [-0.05, 0) is 25.1 Å². The predicted molar refractivity (Wildman–Crippen MR) is 81.0 cm³/mol. The lowest BCUT2D eigenvalue weighted by molar-refractivity contribution is 0.102. The van der Waals surface area contributed by atoms with E-state index >= 15 is 0 Å². The molecular formula is C14H10FN3O3S. The summed E-state index contributed by atoms with van der Waals surface area (Å²) >= 11 is 1.19. The summed E-state index contributed by atoms with van der Waals surface area (Å²) in [5.74, 6) is -1.96. The van der Waals surface area contributed by atoms with E-state index in [9.17, 15) is 19.1 Å². The quantitative estimate of drug-likeness (QED) is 0.676. The van der Waals surface area contributed by atoms with E-state index in [-0.39, 0.29) is 10.9 Å². The number of amides is 1. The molecule has 0 saturated heterocycles. The molecule has 3 N–H and O–H groups in total. The molecule has 0 saturated carbocycles. The monoisotopic (exact) mass is 319 g/mol. The second-order valence-corrected chi connectivity index (χ2v) is 5.47. The number of aromatic amines is 1. The molecular weight excluding hydrogens is 309 g/mol. The molecule has 0 bridgehead atoms. The number of nitrogens with one attached hydrogen (secondary N) is 2. The number of aromatic nitrogens is 2. The Morgan fingerprint density at radius 3 is 2.91 bits per heavy atom. The molecule has 1 aromatic carbocycles. The number of rotatable bonds is 2. The first-order valence-electron chi connectivity index (χ1n) is 6.23. The van der Waals surface area contributed by atoms with Gasteiger partial charge in [0.25, 0.3) is 11.5 Å². The molecule has 22 heavy (non-hydrogen) atoms. The van der Waals surface area contributed by atoms with Gasteiger partial charge in [0.15, 0.2) is 5.13 Å². The fraction of sp³-hybridized carbons (Fsp3) is 0.0714. The maximum atomic E-state index is 13.3. The van der Waals surface area contributed by atoms with E-state index in [1.54, 1.807) is 12.3 Å². The van der Waals surface area contributed by atoms with Crippen molar-refractivity contribution < 1.29 is 14.3 Å². The number of hydrogen-bond donors (Lipinski definition) is 3. The number of anilines is 1. The van der Waals surface area contributed by atoms with Gasteiger partial charge in [-0.2, -0.15) is 0 Å². The maximum absolute atomic E-state index is 13.3. The fourth-order valence-corrected chi connectivity index (χ4v) is 2.71. The second-order valence-electron chi connectivity index (χ2n) is 4.62. The van der Waals surface area contributed by atoms with Crippen LogP contribution < -0.4 is 10.9 Å². The number of aryl methyl sites for hydroxylation is 1. The summed E-state index contributed by atoms with van der Waals surface area (Å²) in [5.41, 5.74) is -0.280. The van der Waals surface area contributed by atoms with E-state index < -0.39 is 28.6 Å². The highest BCUT2D eigenvalue weighted by Crippen LogP contribution is 2.26. The minimum atomic E-state index is -0.806. The molecule has 6 nitrogen and oxygen atoms in total. The Labute approximate surface area is 127 Å². The summed E-state index contributed by atoms with van der Waals surface area (Å²) in [6.45, 7) is 1.76. The lowest BCUT2D eigenvalue weighted by Crippen LogP contribution is -2.23. The van der Waals surface area contributed by atoms with Crippen LogP contribution in [0, 0.1) is 12.7 Å². The van der Waals surface area contributed by atoms with Gasteiger partial charge in [0.1, 0.15) is 17.1 Å². The molecule has 0 unspecified atom stereocenters. The van der Waals surface area contributed by atoms with Crippen molar-refractivity contribution in [3.05, 3.63) is 51.0 Å². The van der Waals surface area contributed by atoms with Crippen LogP contribution in [0.4, 0.5) is 9.52 Å². The van der Waals surface area contributed by atoms with Gasteiger partial charge in [-0.25, -0.2) is 9.37 Å². The predicted octanol–water partition coefficient (Wildman–Crippen LogP) is 2.39. The van der Waals surface area contributed by atoms with Crippen LogP contribution in [0.25, 0.3) is 10.9 Å². The Morgan fingerprint density at radius 2 is 2.23 bits per heavy atom. The number of benzene rings is 1. The standard InChI is InChI=1S/C14H10FN3O3S/c1-6-5-22-14(16-6)18-13(21)10-11(19)8-4-7(15)2-3-9(8)17-12(10)20/h2-5H,1H3,(H,16,18,21)(H2,17,19,20). The van der Waals surface area contributed by atoms with Crippen molar-refractivity contribution in [2.24, 2.45) is 0 Å². The Hall–Kier alpha value is -2.74. The van der Waals surface area contributed by atoms with Gasteiger partial charge < -0.3 is 10.1 Å². The van der Waals surface area contributed by atoms with Gasteiger partial charge in [0.2, 0.25) is 0 Å². The molecule has 1 amide bonds. The zero-order valence-corrected chi connectivity index (χ0v) is 12.1. The Morgan fingerprint density at radius 1 is 1.45 bits per heavy atom. The summed E-state index contributed by atoms with van der Waals surface area (Å²) in [5, 5.41) is 14.7. The zero-order chi connectivity index (χ0) is 15.9. The Kier molecular flexibility index (Phi) is 3.38. The lowest BCUT2D eigenvalue weighted by Gasteiger charge is -2.07. The van der Waals surface area contributed by atoms with Crippen LogP contribution in [-0.2, 0) is 0 Å². The molecule has 2 aromatic heterocycles. The van der Waals surface area contributed by atoms with E-state index in [4.69, 9.17) is 0 Å². The molecule has 3 rings (SSSR count). The molecule has 3 aromatic rings. The topological polar surface area (TPSA) is 95.1 Å². The van der Waals surface area contributed by atoms with Gasteiger partial charge >= 0.3 is 0 Å². The summed E-state index contributed by atoms with van der Waals surface area (Å²) in [4.78, 5) is 30.6. The molecule has 0 aliphatic carbocycles. The molecule has 8 heteroatoms. The largest absolute Gasteiger partial charge is 0.506 e. The van der Waals surface area contributed by atoms with Crippen LogP contribution in [0.3, 0.4) is 0 Å². The maximum Gasteiger partial charge on any atom is 0.266 e. The third-order valence-corrected chi connectivity index (χ3v) is 3.89. The first-order valence-corrected chi connectivity index (χ1v) is 7.11. The average Bonchev–Trinajstić information content (AvgIpc) is 2.85. The van der Waals surface area contributed by atoms with Gasteiger partial charge in [-0.1, -0.05) is 0 Å². The summed E-state index contributed by atoms with van der Waals surface area (Å²) in [6.07, 6.45) is 0. The Balaban J connectivity index is 2.09. The van der Waals surface area contributed by atoms with Crippen LogP contribution in [0.5, 0.6) is 5.75 Å². The van der Waals surface area contributed by atoms with Crippen molar-refractivity contribution in [2.75, 3.05) is 5.32 Å². The lowest BCUT2D eigenvalue weighted by atomic mass is 10.1. The van der Waals surface area contributed by atoms with Gasteiger partial charge in [-0.3, -0.25) is 14.9 Å². The smallest absolute Gasteiger partial charge is 0.266 e. The number of aromatic hydroxyl groups is 1. The number of carbonyl (C=O) groups is 1. The average molecular weight is 319 g/mol. The van der Waals surface area contributed by atoms with E-state index in [1.165, 1.54) is 17.4 Å². The van der Waals surface area contributed by atoms with Crippen molar-refractivity contribution in [1.29, 1.82) is 0 Å². The SMILES string of the molecule is Cc1csc(NC(=O)c2c(O)c3cc(F)ccc3[nH]c2=O)n1. The highest BCUT2D eigenvalue weighted by Gasteiger charge is 2.20. The number of halogens is 1. The normalized spacial score (nSPS) is 10.8. The number of fused-ring (bicyclic) bond motifs is 1. The minimum Gasteiger partial charge on any atom is -0.506 e. The molecule has 0 aliphatic heterocycles. The van der Waals surface area contributed by atoms with Crippen LogP contribution in [0.2, 0.25) is 0 Å². The van der Waals surface area contributed by atoms with Crippen molar-refractivity contribution in [1.82, 2.24) is 9.97 Å². The molecule has 0 fully saturated rings. The first kappa shape index (κ1) is 14.2. The summed E-state index contributed by atoms with van der Waals surface area (Å²) in [7, 11) is 0. The number of carbonyl (C=O) groups excluding carboxylic acids is 1. The van der Waals surface area contributed by atoms with Crippen molar-refractivity contribution in [3.8, 4) is 5.75 Å². The number of pyridine rings is 1. The molecule has 2 heterocycles. The Bertz CT molecular complexity index is 948. The highest BCUT2D eigenvalue weighted by molar-refractivity contribution is 7.13. The molecule has 0 radical (unpaired) electrons. The number of thiazole rings is 1. The third-order valence-electron chi connectivity index (χ3n) is 3.02. The zero-order valence-electron chi connectivity index (χ0n) is 11.3. The summed E-state index contributed by atoms with van der Waals surface area (Å²) < 4.78 is 13.3. The van der Waals surface area contributed by atoms with E-state index in [0.29, 0.717) is 5.13 Å². The summed E-state index contributed by atoms with van der Waals surface area (Å²) in [6, 6.07) is 3.51. The number of hydrogen-bond acceptors (Lipinski definition) is 5. The fourth-order valence-electron chi connectivity index (χ4n) is 2.03. The van der Waals surface area contributed by atoms with Crippen LogP contribution in [0.15, 0.2) is 28.4 Å².